The average Bonchev–Trinajstić information content (AvgIpc) is 1.88. The number of hydrogen-bond acceptors (Lipinski definition) is 2. The minimum absolute atomic E-state index is 0.240. The molecule has 0 aromatic heterocycles. The van der Waals surface area contributed by atoms with E-state index in [9.17, 15) is 4.39 Å². The van der Waals surface area contributed by atoms with Gasteiger partial charge in [-0.05, 0) is 5.47 Å². The van der Waals surface area contributed by atoms with Crippen molar-refractivity contribution in [3.63, 3.8) is 0 Å². The van der Waals surface area contributed by atoms with Crippen LogP contribution in [-0.2, 0) is 0 Å². The number of halogens is 1. The van der Waals surface area contributed by atoms with E-state index in [1.807, 2.05) is 0 Å². The summed E-state index contributed by atoms with van der Waals surface area (Å²) in [5.74, 6) is 0. The molecule has 1 aliphatic carbocycles. The molecule has 0 unspecified atom stereocenters. The van der Waals surface area contributed by atoms with Crippen molar-refractivity contribution in [3.8, 4) is 0 Å². The lowest BCUT2D eigenvalue weighted by atomic mass is 9.77. The van der Waals surface area contributed by atoms with Crippen LogP contribution in [-0.4, -0.2) is 23.3 Å². The van der Waals surface area contributed by atoms with Gasteiger partial charge in [0.25, 0.3) is 0 Å². The molecule has 1 aliphatic rings. The molecule has 0 aromatic rings. The summed E-state index contributed by atoms with van der Waals surface area (Å²) in [7, 11) is -1.47. The van der Waals surface area contributed by atoms with Crippen LogP contribution >= 0.6 is 0 Å². The summed E-state index contributed by atoms with van der Waals surface area (Å²) in [6.07, 6.45) is 3.45. The van der Waals surface area contributed by atoms with Crippen LogP contribution in [0.2, 0.25) is 0 Å². The van der Waals surface area contributed by atoms with E-state index in [0.29, 0.717) is 5.47 Å². The Labute approximate surface area is 58.8 Å². The topological polar surface area (TPSA) is 40.5 Å². The van der Waals surface area contributed by atoms with Crippen molar-refractivity contribution in [2.75, 3.05) is 0 Å². The first kappa shape index (κ1) is 7.50. The molecule has 0 aromatic carbocycles. The molecule has 0 spiro atoms. The Morgan fingerprint density at radius 1 is 1.60 bits per heavy atom. The van der Waals surface area contributed by atoms with Crippen molar-refractivity contribution in [2.24, 2.45) is 0 Å². The summed E-state index contributed by atoms with van der Waals surface area (Å²) in [6, 6.07) is 0. The van der Waals surface area contributed by atoms with Crippen LogP contribution in [0.5, 0.6) is 0 Å². The van der Waals surface area contributed by atoms with Crippen LogP contribution < -0.4 is 0 Å². The summed E-state index contributed by atoms with van der Waals surface area (Å²) < 4.78 is 12.3. The number of rotatable bonds is 1. The molecule has 0 bridgehead atoms. The van der Waals surface area contributed by atoms with Gasteiger partial charge in [-0.3, -0.25) is 0 Å². The zero-order valence-electron chi connectivity index (χ0n) is 5.37. The van der Waals surface area contributed by atoms with Gasteiger partial charge >= 0.3 is 7.12 Å². The highest BCUT2D eigenvalue weighted by molar-refractivity contribution is 6.51. The van der Waals surface area contributed by atoms with Crippen LogP contribution in [0, 0.1) is 0 Å². The number of allylic oxidation sites excluding steroid dienone is 4. The van der Waals surface area contributed by atoms with Gasteiger partial charge in [-0.15, -0.1) is 0 Å². The first-order valence-electron chi connectivity index (χ1n) is 3.08. The molecule has 0 aliphatic heterocycles. The maximum absolute atomic E-state index is 12.3. The fourth-order valence-electron chi connectivity index (χ4n) is 0.802. The van der Waals surface area contributed by atoms with Crippen LogP contribution in [0.1, 0.15) is 6.42 Å². The van der Waals surface area contributed by atoms with Crippen molar-refractivity contribution in [2.45, 2.75) is 12.6 Å². The second-order valence-corrected chi connectivity index (χ2v) is 2.19. The Bertz CT molecular complexity index is 177. The van der Waals surface area contributed by atoms with Gasteiger partial charge in [0, 0.05) is 6.42 Å². The van der Waals surface area contributed by atoms with Gasteiger partial charge in [0.1, 0.15) is 6.17 Å². The summed E-state index contributed by atoms with van der Waals surface area (Å²) >= 11 is 0. The molecular weight excluding hydrogens is 134 g/mol. The van der Waals surface area contributed by atoms with Gasteiger partial charge in [-0.2, -0.15) is 0 Å². The molecule has 4 heteroatoms. The molecule has 0 saturated carbocycles. The highest BCUT2D eigenvalue weighted by atomic mass is 19.1. The maximum Gasteiger partial charge on any atom is 0.488 e. The van der Waals surface area contributed by atoms with Crippen molar-refractivity contribution in [3.05, 3.63) is 23.7 Å². The van der Waals surface area contributed by atoms with Gasteiger partial charge in [0.2, 0.25) is 0 Å². The fraction of sp³-hybridized carbons (Fsp3) is 0.333. The third-order valence-electron chi connectivity index (χ3n) is 1.37. The Morgan fingerprint density at radius 2 is 2.30 bits per heavy atom. The third-order valence-corrected chi connectivity index (χ3v) is 1.37. The van der Waals surface area contributed by atoms with E-state index >= 15 is 0 Å². The Kier molecular flexibility index (Phi) is 2.24. The minimum atomic E-state index is -1.47. The highest BCUT2D eigenvalue weighted by Gasteiger charge is 2.15. The first-order chi connectivity index (χ1) is 4.70. The Hall–Kier alpha value is -0.605. The van der Waals surface area contributed by atoms with Crippen LogP contribution in [0.25, 0.3) is 0 Å². The smallest absolute Gasteiger partial charge is 0.423 e. The lowest BCUT2D eigenvalue weighted by Crippen LogP contribution is -2.16. The Morgan fingerprint density at radius 3 is 2.70 bits per heavy atom. The standard InChI is InChI=1S/C6H8BFO2/c8-6-3-1-5(2-4-6)7(9)10/h1-3,6,9-10H,4H2/t6-/m1/s1. The first-order valence-corrected chi connectivity index (χ1v) is 3.08. The normalized spacial score (nSPS) is 24.3. The number of alkyl halides is 1. The molecule has 0 saturated heterocycles. The fourth-order valence-corrected chi connectivity index (χ4v) is 0.802. The van der Waals surface area contributed by atoms with Gasteiger partial charge in [-0.1, -0.05) is 18.2 Å². The monoisotopic (exact) mass is 142 g/mol. The van der Waals surface area contributed by atoms with E-state index in [-0.39, 0.29) is 6.42 Å². The van der Waals surface area contributed by atoms with Crippen molar-refractivity contribution in [1.29, 1.82) is 0 Å². The average molecular weight is 142 g/mol. The largest absolute Gasteiger partial charge is 0.488 e. The minimum Gasteiger partial charge on any atom is -0.423 e. The molecule has 1 rings (SSSR count). The molecule has 2 N–H and O–H groups in total. The van der Waals surface area contributed by atoms with E-state index in [0.717, 1.165) is 0 Å². The lowest BCUT2D eigenvalue weighted by molar-refractivity contribution is 0.396. The van der Waals surface area contributed by atoms with Gasteiger partial charge in [0.15, 0.2) is 0 Å². The highest BCUT2D eigenvalue weighted by Crippen LogP contribution is 2.13. The molecule has 0 fully saturated rings. The van der Waals surface area contributed by atoms with E-state index < -0.39 is 13.3 Å². The molecule has 54 valence electrons. The number of hydrogen-bond donors (Lipinski definition) is 2. The summed E-state index contributed by atoms with van der Waals surface area (Å²) in [6.45, 7) is 0. The Balaban J connectivity index is 2.59. The predicted molar refractivity (Wildman–Crippen MR) is 36.9 cm³/mol. The molecule has 0 heterocycles. The predicted octanol–water partition coefficient (Wildman–Crippen LogP) is 0.223. The van der Waals surface area contributed by atoms with E-state index in [4.69, 9.17) is 10.0 Å². The van der Waals surface area contributed by atoms with Crippen LogP contribution in [0.4, 0.5) is 4.39 Å². The lowest BCUT2D eigenvalue weighted by Gasteiger charge is -2.07. The summed E-state index contributed by atoms with van der Waals surface area (Å²) in [5.41, 5.74) is 0.369. The van der Waals surface area contributed by atoms with Crippen LogP contribution in [0.15, 0.2) is 23.7 Å². The second kappa shape index (κ2) is 2.99. The molecule has 0 amide bonds. The van der Waals surface area contributed by atoms with Crippen LogP contribution in [0.3, 0.4) is 0 Å². The second-order valence-electron chi connectivity index (χ2n) is 2.19. The van der Waals surface area contributed by atoms with E-state index in [2.05, 4.69) is 0 Å². The molecule has 0 radical (unpaired) electrons. The van der Waals surface area contributed by atoms with Gasteiger partial charge < -0.3 is 10.0 Å². The maximum atomic E-state index is 12.3. The van der Waals surface area contributed by atoms with Gasteiger partial charge in [0.05, 0.1) is 0 Å². The molecular formula is C6H8BFO2. The zero-order chi connectivity index (χ0) is 7.56. The molecule has 10 heavy (non-hydrogen) atoms. The van der Waals surface area contributed by atoms with Crippen molar-refractivity contribution < 1.29 is 14.4 Å². The third kappa shape index (κ3) is 1.69. The summed E-state index contributed by atoms with van der Waals surface area (Å²) in [4.78, 5) is 0. The molecule has 1 atom stereocenters. The summed E-state index contributed by atoms with van der Waals surface area (Å²) in [5, 5.41) is 17.2. The zero-order valence-corrected chi connectivity index (χ0v) is 5.37. The van der Waals surface area contributed by atoms with Gasteiger partial charge in [-0.25, -0.2) is 4.39 Å². The SMILES string of the molecule is OB(O)C1=CC[C@H](F)C=C1. The van der Waals surface area contributed by atoms with E-state index in [1.165, 1.54) is 18.2 Å². The van der Waals surface area contributed by atoms with Crippen molar-refractivity contribution in [1.82, 2.24) is 0 Å². The quantitative estimate of drug-likeness (QED) is 0.514. The van der Waals surface area contributed by atoms with E-state index in [1.54, 1.807) is 0 Å². The molecule has 2 nitrogen and oxygen atoms in total. The van der Waals surface area contributed by atoms with Crippen molar-refractivity contribution >= 4 is 7.12 Å².